The van der Waals surface area contributed by atoms with Gasteiger partial charge >= 0.3 is 0 Å². The smallest absolute Gasteiger partial charge is 0.251 e. The van der Waals surface area contributed by atoms with Gasteiger partial charge in [0.2, 0.25) is 0 Å². The highest BCUT2D eigenvalue weighted by Gasteiger charge is 2.28. The molecule has 1 amide bonds. The third-order valence-electron chi connectivity index (χ3n) is 6.71. The van der Waals surface area contributed by atoms with Gasteiger partial charge in [-0.1, -0.05) is 67.6 Å². The van der Waals surface area contributed by atoms with E-state index >= 15 is 0 Å². The molecule has 0 saturated carbocycles. The summed E-state index contributed by atoms with van der Waals surface area (Å²) in [4.78, 5) is 17.1. The predicted molar refractivity (Wildman–Crippen MR) is 143 cm³/mol. The first kappa shape index (κ1) is 25.0. The van der Waals surface area contributed by atoms with Crippen LogP contribution in [0.2, 0.25) is 0 Å². The first-order valence-corrected chi connectivity index (χ1v) is 12.7. The van der Waals surface area contributed by atoms with Gasteiger partial charge in [0.05, 0.1) is 18.8 Å². The second-order valence-corrected chi connectivity index (χ2v) is 9.31. The van der Waals surface area contributed by atoms with Crippen LogP contribution in [-0.4, -0.2) is 50.1 Å². The number of rotatable bonds is 11. The highest BCUT2D eigenvalue weighted by atomic mass is 16.5. The summed E-state index contributed by atoms with van der Waals surface area (Å²) >= 11 is 0. The van der Waals surface area contributed by atoms with E-state index in [9.17, 15) is 4.79 Å². The summed E-state index contributed by atoms with van der Waals surface area (Å²) in [5.74, 6) is -0.0146. The zero-order valence-corrected chi connectivity index (χ0v) is 20.9. The van der Waals surface area contributed by atoms with Crippen molar-refractivity contribution in [3.8, 4) is 0 Å². The number of nitrogens with zero attached hydrogens (tertiary/aromatic N) is 2. The fourth-order valence-electron chi connectivity index (χ4n) is 4.63. The van der Waals surface area contributed by atoms with Crippen molar-refractivity contribution in [3.63, 3.8) is 0 Å². The van der Waals surface area contributed by atoms with Gasteiger partial charge in [0, 0.05) is 44.5 Å². The topological polar surface area (TPSA) is 44.8 Å². The van der Waals surface area contributed by atoms with Crippen LogP contribution in [0.3, 0.4) is 0 Å². The molecule has 184 valence electrons. The first-order chi connectivity index (χ1) is 17.1. The molecule has 1 unspecified atom stereocenters. The van der Waals surface area contributed by atoms with Crippen molar-refractivity contribution in [2.24, 2.45) is 0 Å². The monoisotopic (exact) mass is 471 g/mol. The van der Waals surface area contributed by atoms with Crippen LogP contribution in [0, 0.1) is 0 Å². The Morgan fingerprint density at radius 2 is 1.71 bits per heavy atom. The maximum atomic E-state index is 12.3. The molecule has 35 heavy (non-hydrogen) atoms. The summed E-state index contributed by atoms with van der Waals surface area (Å²) in [6.07, 6.45) is 2.25. The number of ether oxygens (including phenoxy) is 1. The molecular formula is C30H37N3O2. The van der Waals surface area contributed by atoms with Crippen molar-refractivity contribution < 1.29 is 9.53 Å². The number of hydrogen-bond acceptors (Lipinski definition) is 4. The molecule has 0 radical (unpaired) electrons. The number of nitrogens with one attached hydrogen (secondary N) is 1. The summed E-state index contributed by atoms with van der Waals surface area (Å²) in [7, 11) is 2.14. The third-order valence-corrected chi connectivity index (χ3v) is 6.71. The van der Waals surface area contributed by atoms with Crippen molar-refractivity contribution >= 4 is 11.6 Å². The lowest BCUT2D eigenvalue weighted by molar-refractivity contribution is 0.0462. The molecule has 3 aromatic rings. The average molecular weight is 472 g/mol. The Morgan fingerprint density at radius 3 is 2.40 bits per heavy atom. The fourth-order valence-corrected chi connectivity index (χ4v) is 4.63. The fraction of sp³-hybridized carbons (Fsp3) is 0.367. The number of likely N-dealkylation sites (tertiary alicyclic amines) is 1. The highest BCUT2D eigenvalue weighted by molar-refractivity contribution is 5.94. The van der Waals surface area contributed by atoms with Crippen LogP contribution in [0.5, 0.6) is 0 Å². The number of anilines is 1. The molecule has 1 saturated heterocycles. The third kappa shape index (κ3) is 6.93. The number of carbonyl (C=O) groups is 1. The Hall–Kier alpha value is -3.15. The van der Waals surface area contributed by atoms with Crippen LogP contribution in [0.25, 0.3) is 0 Å². The van der Waals surface area contributed by atoms with Crippen molar-refractivity contribution in [2.45, 2.75) is 38.5 Å². The zero-order chi connectivity index (χ0) is 24.5. The lowest BCUT2D eigenvalue weighted by atomic mass is 10.0. The van der Waals surface area contributed by atoms with Gasteiger partial charge in [-0.05, 0) is 48.2 Å². The summed E-state index contributed by atoms with van der Waals surface area (Å²) < 4.78 is 6.22. The van der Waals surface area contributed by atoms with Gasteiger partial charge in [-0.3, -0.25) is 9.69 Å². The van der Waals surface area contributed by atoms with Crippen LogP contribution < -0.4 is 10.2 Å². The molecule has 4 rings (SSSR count). The van der Waals surface area contributed by atoms with Crippen molar-refractivity contribution in [3.05, 3.63) is 102 Å². The molecule has 1 fully saturated rings. The molecule has 0 bridgehead atoms. The summed E-state index contributed by atoms with van der Waals surface area (Å²) in [6, 6.07) is 29.2. The molecule has 1 aliphatic rings. The van der Waals surface area contributed by atoms with Crippen LogP contribution in [0.1, 0.15) is 47.3 Å². The highest BCUT2D eigenvalue weighted by Crippen LogP contribution is 2.28. The normalized spacial score (nSPS) is 16.7. The van der Waals surface area contributed by atoms with E-state index in [0.29, 0.717) is 18.7 Å². The maximum absolute atomic E-state index is 12.3. The van der Waals surface area contributed by atoms with E-state index in [2.05, 4.69) is 83.7 Å². The van der Waals surface area contributed by atoms with Crippen molar-refractivity contribution in [2.75, 3.05) is 38.1 Å². The number of likely N-dealkylation sites (N-methyl/N-ethyl adjacent to an activating group) is 1. The second kappa shape index (κ2) is 12.5. The van der Waals surface area contributed by atoms with Gasteiger partial charge in [0.1, 0.15) is 0 Å². The number of amides is 1. The van der Waals surface area contributed by atoms with Gasteiger partial charge in [-0.15, -0.1) is 0 Å². The van der Waals surface area contributed by atoms with E-state index in [-0.39, 0.29) is 18.1 Å². The van der Waals surface area contributed by atoms with E-state index in [1.54, 1.807) is 0 Å². The molecule has 0 aliphatic carbocycles. The number of carbonyl (C=O) groups excluding carboxylic acids is 1. The van der Waals surface area contributed by atoms with Crippen LogP contribution >= 0.6 is 0 Å². The van der Waals surface area contributed by atoms with Gasteiger partial charge < -0.3 is 15.0 Å². The zero-order valence-electron chi connectivity index (χ0n) is 20.9. The van der Waals surface area contributed by atoms with Crippen molar-refractivity contribution in [1.29, 1.82) is 0 Å². The first-order valence-electron chi connectivity index (χ1n) is 12.7. The van der Waals surface area contributed by atoms with Gasteiger partial charge in [-0.25, -0.2) is 0 Å². The molecular weight excluding hydrogens is 434 g/mol. The lowest BCUT2D eigenvalue weighted by Gasteiger charge is -2.34. The quantitative estimate of drug-likeness (QED) is 0.412. The van der Waals surface area contributed by atoms with Gasteiger partial charge in [0.25, 0.3) is 5.91 Å². The molecule has 1 aliphatic heterocycles. The van der Waals surface area contributed by atoms with E-state index in [4.69, 9.17) is 4.74 Å². The number of benzene rings is 3. The Balaban J connectivity index is 1.41. The number of hydrogen-bond donors (Lipinski definition) is 1. The van der Waals surface area contributed by atoms with E-state index in [1.807, 2.05) is 30.3 Å². The van der Waals surface area contributed by atoms with Crippen LogP contribution in [0.4, 0.5) is 5.69 Å². The minimum Gasteiger partial charge on any atom is -0.372 e. The molecule has 3 aromatic carbocycles. The molecule has 5 heteroatoms. The second-order valence-electron chi connectivity index (χ2n) is 9.31. The van der Waals surface area contributed by atoms with Crippen LogP contribution in [-0.2, 0) is 11.3 Å². The van der Waals surface area contributed by atoms with E-state index in [0.717, 1.165) is 38.2 Å². The average Bonchev–Trinajstić information content (AvgIpc) is 3.37. The van der Waals surface area contributed by atoms with E-state index < -0.39 is 0 Å². The molecule has 0 aromatic heterocycles. The SMILES string of the molecule is CCCNC(=O)c1ccc(N(C)C(CN2CC[C@H](OCc3ccccc3)C2)c2ccccc2)cc1. The Labute approximate surface area is 209 Å². The molecule has 0 spiro atoms. The predicted octanol–water partition coefficient (Wildman–Crippen LogP) is 5.30. The molecule has 5 nitrogen and oxygen atoms in total. The maximum Gasteiger partial charge on any atom is 0.251 e. The standard InChI is InChI=1S/C30H37N3O2/c1-3-19-31-30(34)26-14-16-27(17-15-26)32(2)29(25-12-8-5-9-13-25)22-33-20-18-28(21-33)35-23-24-10-6-4-7-11-24/h4-17,28-29H,3,18-23H2,1-2H3,(H,31,34)/t28-,29?/m0/s1. The molecule has 1 N–H and O–H groups in total. The van der Waals surface area contributed by atoms with Crippen LogP contribution in [0.15, 0.2) is 84.9 Å². The minimum absolute atomic E-state index is 0.0146. The van der Waals surface area contributed by atoms with Gasteiger partial charge in [-0.2, -0.15) is 0 Å². The van der Waals surface area contributed by atoms with E-state index in [1.165, 1.54) is 11.1 Å². The summed E-state index contributed by atoms with van der Waals surface area (Å²) in [5, 5.41) is 2.95. The lowest BCUT2D eigenvalue weighted by Crippen LogP contribution is -2.36. The minimum atomic E-state index is -0.0146. The Bertz CT molecular complexity index is 1040. The molecule has 1 heterocycles. The molecule has 2 atom stereocenters. The van der Waals surface area contributed by atoms with Crippen molar-refractivity contribution in [1.82, 2.24) is 10.2 Å². The summed E-state index contributed by atoms with van der Waals surface area (Å²) in [5.41, 5.74) is 4.31. The Morgan fingerprint density at radius 1 is 1.03 bits per heavy atom. The Kier molecular flexibility index (Phi) is 8.93. The largest absolute Gasteiger partial charge is 0.372 e. The van der Waals surface area contributed by atoms with Gasteiger partial charge in [0.15, 0.2) is 0 Å². The summed E-state index contributed by atoms with van der Waals surface area (Å²) in [6.45, 7) is 6.32.